The second-order valence-electron chi connectivity index (χ2n) is 17.5. The van der Waals surface area contributed by atoms with Crippen LogP contribution in [0, 0.1) is 0 Å². The number of furan rings is 1. The lowest BCUT2D eigenvalue weighted by Crippen LogP contribution is -2.00. The highest BCUT2D eigenvalue weighted by Gasteiger charge is 2.19. The van der Waals surface area contributed by atoms with Gasteiger partial charge in [-0.3, -0.25) is 0 Å². The fourth-order valence-corrected chi connectivity index (χ4v) is 10.5. The molecule has 0 spiro atoms. The first-order chi connectivity index (χ1) is 33.2. The molecule has 0 unspecified atom stereocenters. The maximum absolute atomic E-state index is 6.25. The molecule has 0 radical (unpaired) electrons. The molecule has 0 bridgehead atoms. The average molecular weight is 852 g/mol. The molecular weight excluding hydrogens is 815 g/mol. The summed E-state index contributed by atoms with van der Waals surface area (Å²) in [4.78, 5) is 15.2. The van der Waals surface area contributed by atoms with Crippen LogP contribution in [0.3, 0.4) is 0 Å². The SMILES string of the molecule is c1ccc(-c2nc(-c3ccc(-c4ccccc4-c4cc5ccc6cccc7c8cccc9ccc%10cccc(c(c4)c5c67)c%10c98)cc3)nc(-c3cccc(-c4cc5ccccc5o4)c3)n2)cc1. The molecule has 0 aliphatic rings. The van der Waals surface area contributed by atoms with E-state index in [4.69, 9.17) is 19.4 Å². The van der Waals surface area contributed by atoms with Gasteiger partial charge in [-0.25, -0.2) is 15.0 Å². The van der Waals surface area contributed by atoms with Crippen molar-refractivity contribution in [3.8, 4) is 67.7 Å². The summed E-state index contributed by atoms with van der Waals surface area (Å²) in [7, 11) is 0. The van der Waals surface area contributed by atoms with E-state index >= 15 is 0 Å². The molecule has 2 aromatic heterocycles. The Hall–Kier alpha value is -8.99. The minimum Gasteiger partial charge on any atom is -0.456 e. The van der Waals surface area contributed by atoms with Crippen molar-refractivity contribution in [1.29, 1.82) is 0 Å². The summed E-state index contributed by atoms with van der Waals surface area (Å²) < 4.78 is 6.25. The second kappa shape index (κ2) is 14.8. The molecule has 0 saturated carbocycles. The van der Waals surface area contributed by atoms with Gasteiger partial charge in [-0.2, -0.15) is 0 Å². The zero-order valence-electron chi connectivity index (χ0n) is 36.1. The van der Waals surface area contributed by atoms with Crippen LogP contribution in [0.25, 0.3) is 143 Å². The number of benzene rings is 11. The quantitative estimate of drug-likeness (QED) is 0.156. The maximum atomic E-state index is 6.25. The molecule has 14 rings (SSSR count). The van der Waals surface area contributed by atoms with Gasteiger partial charge in [0.25, 0.3) is 0 Å². The number of para-hydroxylation sites is 1. The highest BCUT2D eigenvalue weighted by Crippen LogP contribution is 2.45. The molecule has 14 aromatic rings. The molecule has 310 valence electrons. The topological polar surface area (TPSA) is 51.8 Å². The van der Waals surface area contributed by atoms with Crippen LogP contribution in [0.1, 0.15) is 0 Å². The van der Waals surface area contributed by atoms with Crippen LogP contribution in [-0.2, 0) is 0 Å². The smallest absolute Gasteiger partial charge is 0.164 e. The lowest BCUT2D eigenvalue weighted by molar-refractivity contribution is 0.631. The van der Waals surface area contributed by atoms with Gasteiger partial charge in [0.1, 0.15) is 11.3 Å². The Labute approximate surface area is 385 Å². The van der Waals surface area contributed by atoms with Crippen molar-refractivity contribution < 1.29 is 4.42 Å². The third-order valence-electron chi connectivity index (χ3n) is 13.6. The van der Waals surface area contributed by atoms with Crippen LogP contribution >= 0.6 is 0 Å². The molecule has 0 fully saturated rings. The van der Waals surface area contributed by atoms with Crippen LogP contribution in [0.4, 0.5) is 0 Å². The average Bonchev–Trinajstić information content (AvgIpc) is 3.85. The minimum atomic E-state index is 0.596. The number of hydrogen-bond acceptors (Lipinski definition) is 4. The lowest BCUT2D eigenvalue weighted by atomic mass is 9.85. The molecule has 0 atom stereocenters. The summed E-state index contributed by atoms with van der Waals surface area (Å²) in [5.74, 6) is 2.62. The summed E-state index contributed by atoms with van der Waals surface area (Å²) in [5, 5.41) is 16.4. The van der Waals surface area contributed by atoms with Crippen LogP contribution < -0.4 is 0 Å². The van der Waals surface area contributed by atoms with Gasteiger partial charge < -0.3 is 4.42 Å². The van der Waals surface area contributed by atoms with E-state index < -0.39 is 0 Å². The van der Waals surface area contributed by atoms with E-state index in [1.54, 1.807) is 0 Å². The fraction of sp³-hybridized carbons (Fsp3) is 0. The molecular formula is C63H37N3O. The largest absolute Gasteiger partial charge is 0.456 e. The molecule has 0 aliphatic carbocycles. The van der Waals surface area contributed by atoms with Gasteiger partial charge in [0, 0.05) is 27.6 Å². The molecule has 4 nitrogen and oxygen atoms in total. The molecule has 0 saturated heterocycles. The van der Waals surface area contributed by atoms with Gasteiger partial charge in [-0.15, -0.1) is 0 Å². The van der Waals surface area contributed by atoms with Crippen LogP contribution in [0.2, 0.25) is 0 Å². The molecule has 4 heteroatoms. The first-order valence-corrected chi connectivity index (χ1v) is 22.7. The standard InChI is InChI=1S/C63H37N3O/c1-2-12-42(13-3-1)61-64-62(66-63(65-61)47-19-8-18-44(34-47)56-37-45-14-4-7-25-55(45)67-56)43-31-26-38(27-32-43)49-20-5-6-21-50(49)48-35-46-33-30-41-16-10-23-52-51-22-9-15-39-28-29-40-17-11-24-53(59(40)57(39)51)54(36-48)60(46)58(41)52/h1-37H. The van der Waals surface area contributed by atoms with E-state index in [1.165, 1.54) is 75.8 Å². The normalized spacial score (nSPS) is 11.9. The zero-order chi connectivity index (χ0) is 44.0. The van der Waals surface area contributed by atoms with E-state index in [2.05, 4.69) is 164 Å². The van der Waals surface area contributed by atoms with Crippen LogP contribution in [0.15, 0.2) is 229 Å². The third-order valence-corrected chi connectivity index (χ3v) is 13.6. The predicted molar refractivity (Wildman–Crippen MR) is 278 cm³/mol. The summed E-state index contributed by atoms with van der Waals surface area (Å²) in [6.07, 6.45) is 0. The molecule has 2 heterocycles. The van der Waals surface area contributed by atoms with Gasteiger partial charge in [-0.1, -0.05) is 194 Å². The van der Waals surface area contributed by atoms with E-state index in [9.17, 15) is 0 Å². The summed E-state index contributed by atoms with van der Waals surface area (Å²) in [6.45, 7) is 0. The summed E-state index contributed by atoms with van der Waals surface area (Å²) in [6, 6.07) is 80.2. The van der Waals surface area contributed by atoms with Gasteiger partial charge >= 0.3 is 0 Å². The molecule has 0 aliphatic heterocycles. The Kier molecular flexibility index (Phi) is 8.25. The summed E-state index contributed by atoms with van der Waals surface area (Å²) >= 11 is 0. The van der Waals surface area contributed by atoms with Crippen LogP contribution in [-0.4, -0.2) is 15.0 Å². The Morgan fingerprint density at radius 1 is 0.254 bits per heavy atom. The van der Waals surface area contributed by atoms with E-state index in [0.29, 0.717) is 17.5 Å². The monoisotopic (exact) mass is 851 g/mol. The van der Waals surface area contributed by atoms with E-state index in [0.717, 1.165) is 50.1 Å². The highest BCUT2D eigenvalue weighted by atomic mass is 16.3. The van der Waals surface area contributed by atoms with Crippen molar-refractivity contribution in [3.05, 3.63) is 224 Å². The van der Waals surface area contributed by atoms with Crippen molar-refractivity contribution in [1.82, 2.24) is 15.0 Å². The van der Waals surface area contributed by atoms with Crippen molar-refractivity contribution in [3.63, 3.8) is 0 Å². The van der Waals surface area contributed by atoms with Gasteiger partial charge in [0.2, 0.25) is 0 Å². The van der Waals surface area contributed by atoms with Gasteiger partial charge in [-0.05, 0) is 117 Å². The fourth-order valence-electron chi connectivity index (χ4n) is 10.5. The van der Waals surface area contributed by atoms with Crippen molar-refractivity contribution in [2.24, 2.45) is 0 Å². The Morgan fingerprint density at radius 2 is 0.716 bits per heavy atom. The Morgan fingerprint density at radius 3 is 1.37 bits per heavy atom. The number of hydrogen-bond donors (Lipinski definition) is 0. The Bertz CT molecular complexity index is 4230. The van der Waals surface area contributed by atoms with Crippen LogP contribution in [0.5, 0.6) is 0 Å². The summed E-state index contributed by atoms with van der Waals surface area (Å²) in [5.41, 5.74) is 9.14. The number of rotatable bonds is 6. The number of fused-ring (bicyclic) bond motifs is 3. The first-order valence-electron chi connectivity index (χ1n) is 22.7. The third kappa shape index (κ3) is 6.04. The van der Waals surface area contributed by atoms with Gasteiger partial charge in [0.05, 0.1) is 0 Å². The van der Waals surface area contributed by atoms with Crippen molar-refractivity contribution in [2.75, 3.05) is 0 Å². The molecule has 67 heavy (non-hydrogen) atoms. The molecule has 0 amide bonds. The van der Waals surface area contributed by atoms with Gasteiger partial charge in [0.15, 0.2) is 17.5 Å². The van der Waals surface area contributed by atoms with E-state index in [1.807, 2.05) is 60.7 Å². The highest BCUT2D eigenvalue weighted by molar-refractivity contribution is 6.37. The van der Waals surface area contributed by atoms with Crippen molar-refractivity contribution in [2.45, 2.75) is 0 Å². The maximum Gasteiger partial charge on any atom is 0.164 e. The first kappa shape index (κ1) is 37.4. The van der Waals surface area contributed by atoms with Crippen molar-refractivity contribution >= 4 is 75.6 Å². The second-order valence-corrected chi connectivity index (χ2v) is 17.5. The predicted octanol–water partition coefficient (Wildman–Crippen LogP) is 17.0. The molecule has 12 aromatic carbocycles. The number of aromatic nitrogens is 3. The Balaban J connectivity index is 0.910. The zero-order valence-corrected chi connectivity index (χ0v) is 36.1. The molecule has 0 N–H and O–H groups in total. The van der Waals surface area contributed by atoms with E-state index in [-0.39, 0.29) is 0 Å². The number of nitrogens with zero attached hydrogens (tertiary/aromatic N) is 3. The minimum absolute atomic E-state index is 0.596. The lowest BCUT2D eigenvalue weighted by Gasteiger charge is -2.18.